The molecule has 2 atom stereocenters. The lowest BCUT2D eigenvalue weighted by molar-refractivity contribution is -0.144. The van der Waals surface area contributed by atoms with E-state index in [1.807, 2.05) is 0 Å². The lowest BCUT2D eigenvalue weighted by Gasteiger charge is -2.20. The molecule has 0 saturated heterocycles. The van der Waals surface area contributed by atoms with Crippen LogP contribution in [0.25, 0.3) is 0 Å². The van der Waals surface area contributed by atoms with E-state index in [0.717, 1.165) is 0 Å². The predicted molar refractivity (Wildman–Crippen MR) is 157 cm³/mol. The van der Waals surface area contributed by atoms with Gasteiger partial charge in [0.25, 0.3) is 11.8 Å². The second-order valence-electron chi connectivity index (χ2n) is 10.4. The van der Waals surface area contributed by atoms with Gasteiger partial charge in [0.2, 0.25) is 0 Å². The minimum atomic E-state index is -5.15. The molecule has 2 amide bonds. The molecule has 19 heteroatoms. The van der Waals surface area contributed by atoms with Crippen molar-refractivity contribution in [2.24, 2.45) is 0 Å². The van der Waals surface area contributed by atoms with Crippen LogP contribution in [0.1, 0.15) is 56.8 Å². The first-order valence-corrected chi connectivity index (χ1v) is 14.7. The number of alkyl halides is 12. The Hall–Kier alpha value is -3.91. The van der Waals surface area contributed by atoms with E-state index < -0.39 is 82.1 Å². The molecular formula is C30H23F12IN2O4. The van der Waals surface area contributed by atoms with Crippen LogP contribution in [-0.2, 0) is 24.7 Å². The zero-order valence-electron chi connectivity index (χ0n) is 24.8. The number of carbonyl (C=O) groups is 2. The maximum atomic E-state index is 13.1. The molecule has 0 aromatic heterocycles. The maximum absolute atomic E-state index is 13.1. The minimum absolute atomic E-state index is 0.113. The van der Waals surface area contributed by atoms with E-state index >= 15 is 0 Å². The van der Waals surface area contributed by atoms with Gasteiger partial charge in [0, 0.05) is 11.1 Å². The molecule has 0 spiro atoms. The number of nitrogens with one attached hydrogen (secondary N) is 2. The summed E-state index contributed by atoms with van der Waals surface area (Å²) in [6.07, 6.45) is -22.4. The molecule has 6 nitrogen and oxygen atoms in total. The number of ether oxygens (including phenoxy) is 2. The van der Waals surface area contributed by atoms with Gasteiger partial charge in [-0.2, -0.15) is 52.7 Å². The number of benzene rings is 3. The molecule has 49 heavy (non-hydrogen) atoms. The predicted octanol–water partition coefficient (Wildman–Crippen LogP) is 8.76. The second kappa shape index (κ2) is 14.9. The Morgan fingerprint density at radius 3 is 1.14 bits per heavy atom. The molecule has 0 aliphatic rings. The average Bonchev–Trinajstić information content (AvgIpc) is 2.98. The molecular weight excluding hydrogens is 807 g/mol. The van der Waals surface area contributed by atoms with Gasteiger partial charge in [-0.25, -0.2) is 0 Å². The Bertz CT molecular complexity index is 1490. The van der Waals surface area contributed by atoms with Crippen molar-refractivity contribution in [2.75, 3.05) is 13.1 Å². The van der Waals surface area contributed by atoms with E-state index in [0.29, 0.717) is 3.57 Å². The van der Waals surface area contributed by atoms with Gasteiger partial charge in [-0.05, 0) is 85.0 Å². The Kier molecular flexibility index (Phi) is 12.0. The highest BCUT2D eigenvalue weighted by molar-refractivity contribution is 14.1. The normalized spacial score (nSPS) is 13.8. The summed E-state index contributed by atoms with van der Waals surface area (Å²) >= 11 is 1.80. The fourth-order valence-corrected chi connectivity index (χ4v) is 4.65. The Morgan fingerprint density at radius 2 is 0.878 bits per heavy atom. The number of halogens is 13. The lowest BCUT2D eigenvalue weighted by Crippen LogP contribution is -2.34. The number of amides is 2. The van der Waals surface area contributed by atoms with E-state index in [4.69, 9.17) is 9.47 Å². The van der Waals surface area contributed by atoms with Gasteiger partial charge >= 0.3 is 24.7 Å². The van der Waals surface area contributed by atoms with Crippen molar-refractivity contribution in [1.82, 2.24) is 10.6 Å². The third-order valence-corrected chi connectivity index (χ3v) is 7.45. The third-order valence-electron chi connectivity index (χ3n) is 6.38. The summed E-state index contributed by atoms with van der Waals surface area (Å²) in [5, 5.41) is 4.42. The van der Waals surface area contributed by atoms with Crippen molar-refractivity contribution >= 4 is 34.4 Å². The Morgan fingerprint density at radius 1 is 0.592 bits per heavy atom. The van der Waals surface area contributed by atoms with E-state index in [-0.39, 0.29) is 61.0 Å². The highest BCUT2D eigenvalue weighted by atomic mass is 127. The fourth-order valence-electron chi connectivity index (χ4n) is 4.04. The van der Waals surface area contributed by atoms with Crippen LogP contribution in [0.3, 0.4) is 0 Å². The van der Waals surface area contributed by atoms with Crippen LogP contribution in [0.5, 0.6) is 11.5 Å². The average molecular weight is 830 g/mol. The molecule has 0 fully saturated rings. The summed E-state index contributed by atoms with van der Waals surface area (Å²) in [6.45, 7) is 2.16. The first-order chi connectivity index (χ1) is 22.4. The minimum Gasteiger partial charge on any atom is -0.488 e. The van der Waals surface area contributed by atoms with Gasteiger partial charge in [-0.15, -0.1) is 0 Å². The van der Waals surface area contributed by atoms with Crippen LogP contribution in [0.2, 0.25) is 0 Å². The topological polar surface area (TPSA) is 76.7 Å². The van der Waals surface area contributed by atoms with Crippen LogP contribution < -0.4 is 20.1 Å². The molecule has 2 N–H and O–H groups in total. The molecule has 0 saturated carbocycles. The molecule has 0 heterocycles. The van der Waals surface area contributed by atoms with Gasteiger partial charge < -0.3 is 20.1 Å². The monoisotopic (exact) mass is 830 g/mol. The van der Waals surface area contributed by atoms with Gasteiger partial charge in [0.05, 0.1) is 38.9 Å². The number of carbonyl (C=O) groups excluding carboxylic acids is 2. The van der Waals surface area contributed by atoms with Crippen molar-refractivity contribution in [2.45, 2.75) is 50.8 Å². The SMILES string of the molecule is C[C@H](CNC(=O)c1cc(C(F)(F)F)cc(C(F)(F)F)c1)Oc1cccc(O[C@@H](C)CNC(=O)c2cc(C(F)(F)F)cc(C(F)(F)F)c2)c1I. The van der Waals surface area contributed by atoms with E-state index in [1.165, 1.54) is 32.0 Å². The van der Waals surface area contributed by atoms with Gasteiger partial charge in [0.1, 0.15) is 23.7 Å². The summed E-state index contributed by atoms with van der Waals surface area (Å²) in [5.74, 6) is -2.12. The van der Waals surface area contributed by atoms with Crippen LogP contribution >= 0.6 is 22.6 Å². The first-order valence-electron chi connectivity index (χ1n) is 13.6. The van der Waals surface area contributed by atoms with Gasteiger partial charge in [-0.3, -0.25) is 9.59 Å². The van der Waals surface area contributed by atoms with Crippen LogP contribution in [0, 0.1) is 3.57 Å². The highest BCUT2D eigenvalue weighted by Gasteiger charge is 2.39. The third kappa shape index (κ3) is 11.0. The molecule has 268 valence electrons. The largest absolute Gasteiger partial charge is 0.488 e. The number of hydrogen-bond acceptors (Lipinski definition) is 4. The summed E-state index contributed by atoms with van der Waals surface area (Å²) in [7, 11) is 0. The Labute approximate surface area is 283 Å². The van der Waals surface area contributed by atoms with Crippen LogP contribution in [0.15, 0.2) is 54.6 Å². The molecule has 3 aromatic rings. The summed E-state index contributed by atoms with van der Waals surface area (Å²) in [5.41, 5.74) is -8.42. The van der Waals surface area contributed by atoms with Crippen molar-refractivity contribution in [3.8, 4) is 11.5 Å². The van der Waals surface area contributed by atoms with E-state index in [2.05, 4.69) is 10.6 Å². The van der Waals surface area contributed by atoms with E-state index in [1.54, 1.807) is 22.6 Å². The molecule has 0 aliphatic heterocycles. The standard InChI is InChI=1S/C30H23F12IN2O4/c1-14(12-44-25(46)16-6-18(27(31,32)33)10-19(7-16)28(34,35)36)48-22-4-3-5-23(24(22)43)49-15(2)13-45-26(47)17-8-20(29(37,38)39)11-21(9-17)30(40,41)42/h3-11,14-15H,12-13H2,1-2H3,(H,44,46)(H,45,47)/t14-,15+. The molecule has 0 unspecified atom stereocenters. The van der Waals surface area contributed by atoms with Crippen molar-refractivity contribution in [3.63, 3.8) is 0 Å². The zero-order valence-corrected chi connectivity index (χ0v) is 27.0. The summed E-state index contributed by atoms with van der Waals surface area (Å²) < 4.78 is 169. The molecule has 0 aliphatic carbocycles. The molecule has 0 radical (unpaired) electrons. The molecule has 3 aromatic carbocycles. The zero-order chi connectivity index (χ0) is 37.1. The van der Waals surface area contributed by atoms with Gasteiger partial charge in [0.15, 0.2) is 0 Å². The first kappa shape index (κ1) is 39.5. The fraction of sp³-hybridized carbons (Fsp3) is 0.333. The smallest absolute Gasteiger partial charge is 0.416 e. The van der Waals surface area contributed by atoms with Crippen LogP contribution in [-0.4, -0.2) is 37.1 Å². The summed E-state index contributed by atoms with van der Waals surface area (Å²) in [6, 6.07) is 5.29. The second-order valence-corrected chi connectivity index (χ2v) is 11.5. The van der Waals surface area contributed by atoms with Crippen molar-refractivity contribution in [3.05, 3.63) is 91.5 Å². The van der Waals surface area contributed by atoms with Crippen LogP contribution in [0.4, 0.5) is 52.7 Å². The quantitative estimate of drug-likeness (QED) is 0.158. The van der Waals surface area contributed by atoms with Crippen molar-refractivity contribution in [1.29, 1.82) is 0 Å². The number of rotatable bonds is 10. The van der Waals surface area contributed by atoms with E-state index in [9.17, 15) is 62.3 Å². The summed E-state index contributed by atoms with van der Waals surface area (Å²) in [4.78, 5) is 24.9. The van der Waals surface area contributed by atoms with Crippen molar-refractivity contribution < 1.29 is 71.7 Å². The maximum Gasteiger partial charge on any atom is 0.416 e. The highest BCUT2D eigenvalue weighted by Crippen LogP contribution is 2.38. The lowest BCUT2D eigenvalue weighted by atomic mass is 10.0. The number of hydrogen-bond donors (Lipinski definition) is 2. The Balaban J connectivity index is 1.64. The van der Waals surface area contributed by atoms with Gasteiger partial charge in [-0.1, -0.05) is 6.07 Å². The molecule has 3 rings (SSSR count). The molecule has 0 bridgehead atoms.